The maximum absolute atomic E-state index is 2.22. The predicted molar refractivity (Wildman–Crippen MR) is 51.7 cm³/mol. The van der Waals surface area contributed by atoms with E-state index in [0.29, 0.717) is 5.41 Å². The molecule has 0 aromatic carbocycles. The monoisotopic (exact) mass is 416 g/mol. The maximum Gasteiger partial charge on any atom is 0 e. The van der Waals surface area contributed by atoms with Crippen LogP contribution in [0, 0.1) is 25.7 Å². The summed E-state index contributed by atoms with van der Waals surface area (Å²) in [7, 11) is 0. The zero-order chi connectivity index (χ0) is 7.61. The Morgan fingerprint density at radius 2 is 1.50 bits per heavy atom. The summed E-state index contributed by atoms with van der Waals surface area (Å²) in [6.45, 7) is 6.67. The first-order valence-electron chi connectivity index (χ1n) is 3.66. The number of allylic oxidation sites excluding steroid dienone is 4. The fourth-order valence-electron chi connectivity index (χ4n) is 0.938. The Labute approximate surface area is 165 Å². The topological polar surface area (TPSA) is 0 Å². The van der Waals surface area contributed by atoms with Crippen LogP contribution in [0.1, 0.15) is 20.8 Å². The first kappa shape index (κ1) is 25.4. The number of hydrogen-bond donors (Lipinski definition) is 0. The van der Waals surface area contributed by atoms with E-state index in [1.165, 1.54) is 5.57 Å². The van der Waals surface area contributed by atoms with E-state index in [0.717, 1.165) is 0 Å². The van der Waals surface area contributed by atoms with E-state index in [9.17, 15) is 0 Å². The van der Waals surface area contributed by atoms with E-state index >= 15 is 0 Å². The molecule has 0 heterocycles. The second kappa shape index (κ2) is 12.0. The third-order valence-corrected chi connectivity index (χ3v) is 1.64. The van der Waals surface area contributed by atoms with Crippen LogP contribution < -0.4 is 0 Å². The molecule has 0 saturated heterocycles. The average molecular weight is 416 g/mol. The maximum atomic E-state index is 2.22. The van der Waals surface area contributed by atoms with Gasteiger partial charge >= 0.3 is 0 Å². The molecule has 0 aliphatic heterocycles. The van der Waals surface area contributed by atoms with Gasteiger partial charge in [-0.2, -0.15) is 0 Å². The first-order valence-corrected chi connectivity index (χ1v) is 3.66. The van der Waals surface area contributed by atoms with E-state index in [1.807, 2.05) is 0 Å². The third-order valence-electron chi connectivity index (χ3n) is 1.64. The molecule has 73 valence electrons. The minimum absolute atomic E-state index is 0. The van der Waals surface area contributed by atoms with Crippen LogP contribution in [0.25, 0.3) is 0 Å². The van der Waals surface area contributed by atoms with Gasteiger partial charge in [0.15, 0.2) is 0 Å². The molecule has 0 atom stereocenters. The van der Waals surface area contributed by atoms with Crippen LogP contribution in [0.15, 0.2) is 23.8 Å². The molecular formula is C11H17Y3-3. The summed E-state index contributed by atoms with van der Waals surface area (Å²) in [5.41, 5.74) is 1.69. The molecule has 0 spiro atoms. The van der Waals surface area contributed by atoms with Gasteiger partial charge in [0.05, 0.1) is 0 Å². The largest absolute Gasteiger partial charge is 0.358 e. The van der Waals surface area contributed by atoms with Gasteiger partial charge in [0, 0.05) is 98.1 Å². The van der Waals surface area contributed by atoms with Crippen LogP contribution in [0.3, 0.4) is 0 Å². The van der Waals surface area contributed by atoms with Crippen LogP contribution in [-0.2, 0) is 98.1 Å². The van der Waals surface area contributed by atoms with Crippen LogP contribution in [0.4, 0.5) is 0 Å². The molecule has 3 radical (unpaired) electrons. The van der Waals surface area contributed by atoms with Gasteiger partial charge in [-0.3, -0.25) is 36.6 Å². The number of rotatable bonds is 0. The predicted octanol–water partition coefficient (Wildman–Crippen LogP) is 3.38. The van der Waals surface area contributed by atoms with E-state index in [-0.39, 0.29) is 106 Å². The zero-order valence-corrected chi connectivity index (χ0v) is 18.1. The van der Waals surface area contributed by atoms with Crippen molar-refractivity contribution in [3.05, 3.63) is 44.1 Å². The molecule has 1 aliphatic rings. The van der Waals surface area contributed by atoms with E-state index in [2.05, 4.69) is 51.8 Å². The van der Waals surface area contributed by atoms with Crippen molar-refractivity contribution >= 4 is 0 Å². The van der Waals surface area contributed by atoms with E-state index in [1.54, 1.807) is 0 Å². The van der Waals surface area contributed by atoms with Crippen molar-refractivity contribution in [1.29, 1.82) is 0 Å². The zero-order valence-electron chi connectivity index (χ0n) is 9.62. The first-order chi connectivity index (χ1) is 4.61. The van der Waals surface area contributed by atoms with Gasteiger partial charge in [0.1, 0.15) is 0 Å². The SMILES string of the molecule is CC(C)(C)C1=C[CH-][CH-]C=C1.[CH3-].[Y].[Y].[Y]. The summed E-state index contributed by atoms with van der Waals surface area (Å²) in [4.78, 5) is 0. The van der Waals surface area contributed by atoms with Crippen LogP contribution in [0.2, 0.25) is 0 Å². The van der Waals surface area contributed by atoms with Gasteiger partial charge in [-0.05, 0) is 0 Å². The van der Waals surface area contributed by atoms with Gasteiger partial charge in [-0.15, -0.1) is 0 Å². The Morgan fingerprint density at radius 3 is 1.71 bits per heavy atom. The van der Waals surface area contributed by atoms with Gasteiger partial charge in [-0.25, -0.2) is 0 Å². The van der Waals surface area contributed by atoms with Gasteiger partial charge < -0.3 is 7.43 Å². The van der Waals surface area contributed by atoms with Crippen molar-refractivity contribution in [2.45, 2.75) is 20.8 Å². The van der Waals surface area contributed by atoms with Crippen molar-refractivity contribution in [2.75, 3.05) is 0 Å². The van der Waals surface area contributed by atoms with Crippen molar-refractivity contribution in [3.8, 4) is 0 Å². The molecule has 3 heteroatoms. The van der Waals surface area contributed by atoms with Gasteiger partial charge in [0.25, 0.3) is 0 Å². The standard InChI is InChI=1S/C10H14.CH3.3Y/c1-10(2,3)9-7-5-4-6-8-9;;;;/h4-8H,1-3H3;1H3;;;/q-2;-1;;;. The smallest absolute Gasteiger partial charge is 0 e. The molecule has 0 N–H and O–H groups in total. The van der Waals surface area contributed by atoms with E-state index in [4.69, 9.17) is 0 Å². The second-order valence-corrected chi connectivity index (χ2v) is 3.62. The summed E-state index contributed by atoms with van der Waals surface area (Å²) in [6, 6.07) is 0. The Morgan fingerprint density at radius 1 is 1.00 bits per heavy atom. The Hall–Kier alpha value is 2.53. The van der Waals surface area contributed by atoms with Crippen molar-refractivity contribution in [1.82, 2.24) is 0 Å². The molecule has 0 nitrogen and oxygen atoms in total. The normalized spacial score (nSPS) is 12.4. The molecule has 1 aliphatic carbocycles. The summed E-state index contributed by atoms with van der Waals surface area (Å²) in [5.74, 6) is 0. The summed E-state index contributed by atoms with van der Waals surface area (Å²) >= 11 is 0. The quantitative estimate of drug-likeness (QED) is 0.532. The van der Waals surface area contributed by atoms with Crippen LogP contribution in [-0.4, -0.2) is 0 Å². The minimum atomic E-state index is 0. The van der Waals surface area contributed by atoms with Crippen molar-refractivity contribution in [2.24, 2.45) is 5.41 Å². The molecule has 0 saturated carbocycles. The Balaban J connectivity index is -0.000000125. The van der Waals surface area contributed by atoms with Crippen molar-refractivity contribution < 1.29 is 98.1 Å². The summed E-state index contributed by atoms with van der Waals surface area (Å²) in [6.07, 6.45) is 10.6. The molecule has 14 heavy (non-hydrogen) atoms. The Kier molecular flexibility index (Phi) is 21.8. The molecular weight excluding hydrogens is 399 g/mol. The molecule has 0 aromatic rings. The van der Waals surface area contributed by atoms with Gasteiger partial charge in [0.2, 0.25) is 0 Å². The summed E-state index contributed by atoms with van der Waals surface area (Å²) < 4.78 is 0. The second-order valence-electron chi connectivity index (χ2n) is 3.62. The fraction of sp³-hybridized carbons (Fsp3) is 0.364. The van der Waals surface area contributed by atoms with Crippen LogP contribution >= 0.6 is 0 Å². The van der Waals surface area contributed by atoms with E-state index < -0.39 is 0 Å². The molecule has 1 rings (SSSR count). The molecule has 0 unspecified atom stereocenters. The molecule has 0 aromatic heterocycles. The number of hydrogen-bond acceptors (Lipinski definition) is 0. The molecule has 0 bridgehead atoms. The van der Waals surface area contributed by atoms with Gasteiger partial charge in [-0.1, -0.05) is 26.2 Å². The Bertz CT molecular complexity index is 175. The molecule has 0 amide bonds. The minimum Gasteiger partial charge on any atom is -0.358 e. The summed E-state index contributed by atoms with van der Waals surface area (Å²) in [5, 5.41) is 0. The third kappa shape index (κ3) is 9.74. The van der Waals surface area contributed by atoms with Crippen molar-refractivity contribution in [3.63, 3.8) is 0 Å². The van der Waals surface area contributed by atoms with Crippen LogP contribution in [0.5, 0.6) is 0 Å². The fourth-order valence-corrected chi connectivity index (χ4v) is 0.938. The molecule has 0 fully saturated rings. The average Bonchev–Trinajstić information content (AvgIpc) is 1.88.